The molecule has 1 unspecified atom stereocenters. The molecule has 4 nitrogen and oxygen atoms in total. The molecular weight excluding hydrogens is 216 g/mol. The number of hydrogen-bond donors (Lipinski definition) is 1. The van der Waals surface area contributed by atoms with Crippen molar-refractivity contribution in [1.29, 1.82) is 0 Å². The summed E-state index contributed by atoms with van der Waals surface area (Å²) in [7, 11) is 0. The number of aliphatic carboxylic acids is 1. The number of carboxylic acids is 1. The van der Waals surface area contributed by atoms with E-state index in [1.165, 1.54) is 0 Å². The number of hydrogen-bond acceptors (Lipinski definition) is 3. The van der Waals surface area contributed by atoms with Crippen LogP contribution in [0.25, 0.3) is 0 Å². The van der Waals surface area contributed by atoms with E-state index in [-0.39, 0.29) is 11.6 Å². The van der Waals surface area contributed by atoms with Gasteiger partial charge in [-0.3, -0.25) is 14.6 Å². The van der Waals surface area contributed by atoms with Crippen LogP contribution in [0, 0.1) is 0 Å². The summed E-state index contributed by atoms with van der Waals surface area (Å²) in [5.41, 5.74) is 0.213. The van der Waals surface area contributed by atoms with Crippen LogP contribution in [0.1, 0.15) is 40.0 Å². The molecular formula is C13H24N2O2. The second kappa shape index (κ2) is 4.58. The van der Waals surface area contributed by atoms with Crippen molar-refractivity contribution in [3.63, 3.8) is 0 Å². The first-order valence-electron chi connectivity index (χ1n) is 6.63. The Kier molecular flexibility index (Phi) is 3.46. The van der Waals surface area contributed by atoms with Gasteiger partial charge < -0.3 is 5.11 Å². The van der Waals surface area contributed by atoms with Crippen molar-refractivity contribution in [2.45, 2.75) is 57.7 Å². The number of piperidine rings is 1. The first kappa shape index (κ1) is 12.8. The minimum absolute atomic E-state index is 0.213. The molecule has 0 bridgehead atoms. The number of nitrogens with zero attached hydrogens (tertiary/aromatic N) is 2. The van der Waals surface area contributed by atoms with Gasteiger partial charge in [0.25, 0.3) is 0 Å². The summed E-state index contributed by atoms with van der Waals surface area (Å²) < 4.78 is 0. The van der Waals surface area contributed by atoms with Crippen molar-refractivity contribution in [1.82, 2.24) is 9.80 Å². The Bertz CT molecular complexity index is 292. The molecule has 1 atom stereocenters. The van der Waals surface area contributed by atoms with Crippen molar-refractivity contribution in [2.24, 2.45) is 0 Å². The Morgan fingerprint density at radius 1 is 1.24 bits per heavy atom. The molecule has 2 rings (SSSR count). The zero-order valence-corrected chi connectivity index (χ0v) is 11.1. The van der Waals surface area contributed by atoms with Gasteiger partial charge in [0.2, 0.25) is 0 Å². The summed E-state index contributed by atoms with van der Waals surface area (Å²) in [6.07, 6.45) is 3.03. The van der Waals surface area contributed by atoms with Crippen molar-refractivity contribution in [2.75, 3.05) is 19.6 Å². The number of carbonyl (C=O) groups is 1. The lowest BCUT2D eigenvalue weighted by Crippen LogP contribution is -2.67. The van der Waals surface area contributed by atoms with Gasteiger partial charge in [-0.2, -0.15) is 0 Å². The van der Waals surface area contributed by atoms with Crippen LogP contribution in [0.4, 0.5) is 0 Å². The van der Waals surface area contributed by atoms with Crippen LogP contribution in [0.5, 0.6) is 0 Å². The molecule has 98 valence electrons. The van der Waals surface area contributed by atoms with Crippen LogP contribution in [-0.4, -0.2) is 58.1 Å². The zero-order chi connectivity index (χ0) is 12.6. The topological polar surface area (TPSA) is 43.8 Å². The fourth-order valence-electron chi connectivity index (χ4n) is 2.87. The maximum atomic E-state index is 11.2. The van der Waals surface area contributed by atoms with Gasteiger partial charge in [-0.25, -0.2) is 0 Å². The second-order valence-electron chi connectivity index (χ2n) is 6.32. The highest BCUT2D eigenvalue weighted by Gasteiger charge is 2.42. The van der Waals surface area contributed by atoms with Crippen LogP contribution in [0.2, 0.25) is 0 Å². The molecule has 0 aromatic carbocycles. The molecule has 2 saturated heterocycles. The van der Waals surface area contributed by atoms with E-state index in [9.17, 15) is 9.90 Å². The Labute approximate surface area is 104 Å². The summed E-state index contributed by atoms with van der Waals surface area (Å²) in [6, 6.07) is 0.214. The zero-order valence-electron chi connectivity index (χ0n) is 11.1. The van der Waals surface area contributed by atoms with Gasteiger partial charge >= 0.3 is 5.97 Å². The number of rotatable bonds is 2. The summed E-state index contributed by atoms with van der Waals surface area (Å²) in [4.78, 5) is 15.9. The van der Waals surface area contributed by atoms with Crippen molar-refractivity contribution >= 4 is 5.97 Å². The predicted octanol–water partition coefficient (Wildman–Crippen LogP) is 1.41. The Morgan fingerprint density at radius 3 is 2.41 bits per heavy atom. The maximum Gasteiger partial charge on any atom is 0.320 e. The third-order valence-corrected chi connectivity index (χ3v) is 4.11. The standard InChI is InChI=1S/C13H24N2O2/c1-13(2,3)14-8-10(9-14)15-7-5-4-6-11(15)12(16)17/h10-11H,4-9H2,1-3H3,(H,16,17). The molecule has 1 N–H and O–H groups in total. The van der Waals surface area contributed by atoms with Gasteiger partial charge in [-0.1, -0.05) is 6.42 Å². The SMILES string of the molecule is CC(C)(C)N1CC(N2CCCCC2C(=O)O)C1. The van der Waals surface area contributed by atoms with Crippen molar-refractivity contribution < 1.29 is 9.90 Å². The first-order chi connectivity index (χ1) is 7.89. The molecule has 17 heavy (non-hydrogen) atoms. The third kappa shape index (κ3) is 2.63. The molecule has 0 aromatic heterocycles. The van der Waals surface area contributed by atoms with E-state index in [2.05, 4.69) is 30.6 Å². The molecule has 0 aliphatic carbocycles. The summed E-state index contributed by atoms with van der Waals surface area (Å²) in [6.45, 7) is 9.65. The van der Waals surface area contributed by atoms with E-state index >= 15 is 0 Å². The fraction of sp³-hybridized carbons (Fsp3) is 0.923. The lowest BCUT2D eigenvalue weighted by atomic mass is 9.92. The van der Waals surface area contributed by atoms with E-state index in [1.54, 1.807) is 0 Å². The molecule has 2 heterocycles. The molecule has 2 aliphatic heterocycles. The first-order valence-corrected chi connectivity index (χ1v) is 6.63. The van der Waals surface area contributed by atoms with E-state index in [4.69, 9.17) is 0 Å². The van der Waals surface area contributed by atoms with Crippen molar-refractivity contribution in [3.8, 4) is 0 Å². The molecule has 0 radical (unpaired) electrons. The maximum absolute atomic E-state index is 11.2. The highest BCUT2D eigenvalue weighted by molar-refractivity contribution is 5.73. The van der Waals surface area contributed by atoms with Gasteiger partial charge in [0, 0.05) is 24.7 Å². The fourth-order valence-corrected chi connectivity index (χ4v) is 2.87. The van der Waals surface area contributed by atoms with Gasteiger partial charge in [0.05, 0.1) is 0 Å². The Hall–Kier alpha value is -0.610. The van der Waals surface area contributed by atoms with Crippen LogP contribution in [-0.2, 0) is 4.79 Å². The molecule has 2 fully saturated rings. The monoisotopic (exact) mass is 240 g/mol. The number of carboxylic acid groups (broad SMARTS) is 1. The normalized spacial score (nSPS) is 29.0. The van der Waals surface area contributed by atoms with Crippen molar-refractivity contribution in [3.05, 3.63) is 0 Å². The van der Waals surface area contributed by atoms with Gasteiger partial charge in [0.15, 0.2) is 0 Å². The quantitative estimate of drug-likeness (QED) is 0.792. The van der Waals surface area contributed by atoms with Gasteiger partial charge in [0.1, 0.15) is 6.04 Å². The van der Waals surface area contributed by atoms with E-state index in [0.29, 0.717) is 6.04 Å². The summed E-state index contributed by atoms with van der Waals surface area (Å²) >= 11 is 0. The minimum atomic E-state index is -0.640. The second-order valence-corrected chi connectivity index (χ2v) is 6.32. The smallest absolute Gasteiger partial charge is 0.320 e. The van der Waals surface area contributed by atoms with Gasteiger partial charge in [-0.05, 0) is 40.2 Å². The molecule has 0 saturated carbocycles. The highest BCUT2D eigenvalue weighted by Crippen LogP contribution is 2.28. The molecule has 2 aliphatic rings. The molecule has 0 amide bonds. The predicted molar refractivity (Wildman–Crippen MR) is 67.1 cm³/mol. The summed E-state index contributed by atoms with van der Waals surface area (Å²) in [5, 5.41) is 9.25. The average Bonchev–Trinajstić information content (AvgIpc) is 2.13. The summed E-state index contributed by atoms with van der Waals surface area (Å²) in [5.74, 6) is -0.640. The highest BCUT2D eigenvalue weighted by atomic mass is 16.4. The van der Waals surface area contributed by atoms with Crippen LogP contribution >= 0.6 is 0 Å². The van der Waals surface area contributed by atoms with Crippen LogP contribution in [0.3, 0.4) is 0 Å². The van der Waals surface area contributed by atoms with E-state index < -0.39 is 5.97 Å². The van der Waals surface area contributed by atoms with E-state index in [0.717, 1.165) is 38.9 Å². The Morgan fingerprint density at radius 2 is 1.88 bits per heavy atom. The van der Waals surface area contributed by atoms with Gasteiger partial charge in [-0.15, -0.1) is 0 Å². The lowest BCUT2D eigenvalue weighted by molar-refractivity contribution is -0.149. The largest absolute Gasteiger partial charge is 0.480 e. The Balaban J connectivity index is 1.92. The molecule has 0 spiro atoms. The van der Waals surface area contributed by atoms with Crippen LogP contribution < -0.4 is 0 Å². The average molecular weight is 240 g/mol. The van der Waals surface area contributed by atoms with Crippen LogP contribution in [0.15, 0.2) is 0 Å². The molecule has 0 aromatic rings. The molecule has 4 heteroatoms. The number of likely N-dealkylation sites (tertiary alicyclic amines) is 2. The third-order valence-electron chi connectivity index (χ3n) is 4.11. The van der Waals surface area contributed by atoms with E-state index in [1.807, 2.05) is 0 Å². The lowest BCUT2D eigenvalue weighted by Gasteiger charge is -2.53. The minimum Gasteiger partial charge on any atom is -0.480 e.